The zero-order chi connectivity index (χ0) is 9.97. The maximum absolute atomic E-state index is 5.93. The first-order valence-electron chi connectivity index (χ1n) is 4.25. The molecule has 1 aliphatic heterocycles. The quantitative estimate of drug-likeness (QED) is 0.629. The number of hydrogen-bond acceptors (Lipinski definition) is 4. The molecule has 2 N–H and O–H groups in total. The number of anilines is 1. The van der Waals surface area contributed by atoms with Gasteiger partial charge in [-0.15, -0.1) is 0 Å². The van der Waals surface area contributed by atoms with E-state index in [4.69, 9.17) is 5.84 Å². The van der Waals surface area contributed by atoms with Crippen LogP contribution in [0.2, 0.25) is 0 Å². The first-order valence-corrected chi connectivity index (χ1v) is 6.03. The number of halogens is 1. The second kappa shape index (κ2) is 4.33. The molecule has 0 aliphatic carbocycles. The second-order valence-corrected chi connectivity index (χ2v) is 4.84. The Kier molecular flexibility index (Phi) is 3.10. The summed E-state index contributed by atoms with van der Waals surface area (Å²) in [4.78, 5) is 4.31. The molecular weight excluding hydrogens is 262 g/mol. The van der Waals surface area contributed by atoms with E-state index < -0.39 is 0 Å². The minimum Gasteiger partial charge on any atom is -0.260 e. The van der Waals surface area contributed by atoms with Crippen LogP contribution in [-0.4, -0.2) is 17.5 Å². The van der Waals surface area contributed by atoms with Crippen LogP contribution in [0.4, 0.5) is 5.69 Å². The molecule has 2 rings (SSSR count). The van der Waals surface area contributed by atoms with Crippen LogP contribution in [0.25, 0.3) is 0 Å². The summed E-state index contributed by atoms with van der Waals surface area (Å²) in [5.41, 5.74) is 0.951. The van der Waals surface area contributed by atoms with E-state index in [0.717, 1.165) is 27.6 Å². The van der Waals surface area contributed by atoms with Gasteiger partial charge in [-0.05, 0) is 18.2 Å². The van der Waals surface area contributed by atoms with Gasteiger partial charge in [0.2, 0.25) is 0 Å². The molecule has 1 aromatic carbocycles. The Balaban J connectivity index is 2.22. The van der Waals surface area contributed by atoms with Gasteiger partial charge in [-0.3, -0.25) is 10.0 Å². The fraction of sp³-hybridized carbons (Fsp3) is 0.222. The van der Waals surface area contributed by atoms with Crippen molar-refractivity contribution in [2.75, 3.05) is 17.3 Å². The van der Waals surface area contributed by atoms with Crippen LogP contribution in [0, 0.1) is 0 Å². The summed E-state index contributed by atoms with van der Waals surface area (Å²) in [5, 5.41) is 2.52. The average Bonchev–Trinajstić information content (AvgIpc) is 2.69. The van der Waals surface area contributed by atoms with Crippen molar-refractivity contribution in [3.63, 3.8) is 0 Å². The summed E-state index contributed by atoms with van der Waals surface area (Å²) >= 11 is 5.10. The van der Waals surface area contributed by atoms with E-state index in [1.165, 1.54) is 0 Å². The average molecular weight is 272 g/mol. The molecule has 3 nitrogen and oxygen atoms in total. The lowest BCUT2D eigenvalue weighted by Gasteiger charge is -2.17. The fourth-order valence-electron chi connectivity index (χ4n) is 1.21. The summed E-state index contributed by atoms with van der Waals surface area (Å²) in [6.07, 6.45) is 0. The summed E-state index contributed by atoms with van der Waals surface area (Å²) in [6, 6.07) is 7.87. The molecule has 1 heterocycles. The van der Waals surface area contributed by atoms with Crippen molar-refractivity contribution in [2.45, 2.75) is 0 Å². The molecule has 0 fully saturated rings. The van der Waals surface area contributed by atoms with Crippen LogP contribution in [0.1, 0.15) is 0 Å². The smallest absolute Gasteiger partial charge is 0.178 e. The molecule has 14 heavy (non-hydrogen) atoms. The van der Waals surface area contributed by atoms with Crippen molar-refractivity contribution in [1.82, 2.24) is 0 Å². The van der Waals surface area contributed by atoms with Crippen LogP contribution in [0.5, 0.6) is 0 Å². The minimum atomic E-state index is 0.863. The Labute approximate surface area is 95.5 Å². The molecule has 0 atom stereocenters. The number of hydrazine groups is 1. The number of nitrogens with zero attached hydrogens (tertiary/aromatic N) is 2. The Hall–Kier alpha value is -0.520. The topological polar surface area (TPSA) is 41.6 Å². The summed E-state index contributed by atoms with van der Waals surface area (Å²) < 4.78 is 1.02. The lowest BCUT2D eigenvalue weighted by Crippen LogP contribution is -2.34. The fourth-order valence-corrected chi connectivity index (χ4v) is 2.39. The maximum atomic E-state index is 5.93. The molecule has 74 valence electrons. The standard InChI is InChI=1S/C9H10BrN3S/c10-7-2-1-3-8(6-7)13(11)9-12-4-5-14-9/h1-3,6H,4-5,11H2. The number of thioether (sulfide) groups is 1. The predicted molar refractivity (Wildman–Crippen MR) is 65.6 cm³/mol. The van der Waals surface area contributed by atoms with Gasteiger partial charge in [0.25, 0.3) is 0 Å². The molecule has 0 saturated heterocycles. The largest absolute Gasteiger partial charge is 0.260 e. The van der Waals surface area contributed by atoms with Gasteiger partial charge in [-0.25, -0.2) is 5.84 Å². The van der Waals surface area contributed by atoms with E-state index in [2.05, 4.69) is 20.9 Å². The van der Waals surface area contributed by atoms with E-state index in [1.54, 1.807) is 16.8 Å². The van der Waals surface area contributed by atoms with E-state index in [1.807, 2.05) is 24.3 Å². The number of hydrogen-bond donors (Lipinski definition) is 1. The molecule has 1 aromatic rings. The number of aliphatic imine (C=N–C) groups is 1. The van der Waals surface area contributed by atoms with E-state index in [-0.39, 0.29) is 0 Å². The van der Waals surface area contributed by atoms with Gasteiger partial charge in [0.15, 0.2) is 5.17 Å². The molecule has 0 amide bonds. The highest BCUT2D eigenvalue weighted by atomic mass is 79.9. The third-order valence-electron chi connectivity index (χ3n) is 1.86. The van der Waals surface area contributed by atoms with Crippen LogP contribution in [-0.2, 0) is 0 Å². The predicted octanol–water partition coefficient (Wildman–Crippen LogP) is 2.23. The van der Waals surface area contributed by atoms with Gasteiger partial charge >= 0.3 is 0 Å². The first kappa shape index (κ1) is 10.0. The maximum Gasteiger partial charge on any atom is 0.178 e. The normalized spacial score (nSPS) is 15.4. The summed E-state index contributed by atoms with van der Waals surface area (Å²) in [6.45, 7) is 0.863. The molecule has 5 heteroatoms. The van der Waals surface area contributed by atoms with Crippen molar-refractivity contribution in [1.29, 1.82) is 0 Å². The van der Waals surface area contributed by atoms with Crippen LogP contribution in [0.15, 0.2) is 33.7 Å². The Morgan fingerprint density at radius 3 is 3.00 bits per heavy atom. The first-order chi connectivity index (χ1) is 6.77. The summed E-state index contributed by atoms with van der Waals surface area (Å²) in [7, 11) is 0. The minimum absolute atomic E-state index is 0.863. The molecule has 0 aromatic heterocycles. The van der Waals surface area contributed by atoms with E-state index >= 15 is 0 Å². The number of benzene rings is 1. The zero-order valence-corrected chi connectivity index (χ0v) is 9.88. The van der Waals surface area contributed by atoms with E-state index in [0.29, 0.717) is 0 Å². The molecule has 0 radical (unpaired) electrons. The van der Waals surface area contributed by atoms with Gasteiger partial charge in [-0.1, -0.05) is 33.8 Å². The zero-order valence-electron chi connectivity index (χ0n) is 7.48. The number of rotatable bonds is 1. The lowest BCUT2D eigenvalue weighted by atomic mass is 10.3. The monoisotopic (exact) mass is 271 g/mol. The van der Waals surface area contributed by atoms with Crippen molar-refractivity contribution in [3.05, 3.63) is 28.7 Å². The third-order valence-corrected chi connectivity index (χ3v) is 3.33. The van der Waals surface area contributed by atoms with Crippen LogP contribution >= 0.6 is 27.7 Å². The van der Waals surface area contributed by atoms with Crippen molar-refractivity contribution >= 4 is 38.5 Å². The molecule has 0 saturated carbocycles. The lowest BCUT2D eigenvalue weighted by molar-refractivity contribution is 1.11. The summed E-state index contributed by atoms with van der Waals surface area (Å²) in [5.74, 6) is 6.95. The highest BCUT2D eigenvalue weighted by Gasteiger charge is 2.14. The molecular formula is C9H10BrN3S. The van der Waals surface area contributed by atoms with E-state index in [9.17, 15) is 0 Å². The van der Waals surface area contributed by atoms with Crippen molar-refractivity contribution < 1.29 is 0 Å². The van der Waals surface area contributed by atoms with Crippen molar-refractivity contribution in [2.24, 2.45) is 10.8 Å². The number of nitrogens with two attached hydrogens (primary N) is 1. The van der Waals surface area contributed by atoms with Crippen LogP contribution in [0.3, 0.4) is 0 Å². The Bertz CT molecular complexity index is 367. The SMILES string of the molecule is NN(C1=NCCS1)c1cccc(Br)c1. The van der Waals surface area contributed by atoms with Crippen molar-refractivity contribution in [3.8, 4) is 0 Å². The highest BCUT2D eigenvalue weighted by molar-refractivity contribution is 9.10. The Morgan fingerprint density at radius 1 is 1.50 bits per heavy atom. The third kappa shape index (κ3) is 2.10. The van der Waals surface area contributed by atoms with Gasteiger partial charge in [0.1, 0.15) is 0 Å². The van der Waals surface area contributed by atoms with Gasteiger partial charge < -0.3 is 0 Å². The molecule has 1 aliphatic rings. The molecule has 0 spiro atoms. The molecule has 0 bridgehead atoms. The highest BCUT2D eigenvalue weighted by Crippen LogP contribution is 2.22. The van der Waals surface area contributed by atoms with Crippen LogP contribution < -0.4 is 10.9 Å². The molecule has 0 unspecified atom stereocenters. The Morgan fingerprint density at radius 2 is 2.36 bits per heavy atom. The van der Waals surface area contributed by atoms with Gasteiger partial charge in [0, 0.05) is 10.2 Å². The van der Waals surface area contributed by atoms with Gasteiger partial charge in [0.05, 0.1) is 12.2 Å². The second-order valence-electron chi connectivity index (χ2n) is 2.86. The number of amidine groups is 1. The van der Waals surface area contributed by atoms with Gasteiger partial charge in [-0.2, -0.15) is 0 Å².